The Morgan fingerprint density at radius 3 is 2.27 bits per heavy atom. The lowest BCUT2D eigenvalue weighted by Gasteiger charge is -2.37. The van der Waals surface area contributed by atoms with Crippen molar-refractivity contribution >= 4 is 11.9 Å². The van der Waals surface area contributed by atoms with E-state index < -0.39 is 46.8 Å². The van der Waals surface area contributed by atoms with Gasteiger partial charge in [0.15, 0.2) is 0 Å². The molecule has 0 unspecified atom stereocenters. The molecular formula is C28H37F4NO4. The molecule has 5 nitrogen and oxygen atoms in total. The zero-order valence-corrected chi connectivity index (χ0v) is 22.0. The lowest BCUT2D eigenvalue weighted by molar-refractivity contribution is -0.187. The molecule has 2 aliphatic carbocycles. The molecule has 0 N–H and O–H groups in total. The fourth-order valence-electron chi connectivity index (χ4n) is 5.39. The summed E-state index contributed by atoms with van der Waals surface area (Å²) in [5.41, 5.74) is -0.476. The summed E-state index contributed by atoms with van der Waals surface area (Å²) in [5.74, 6) is -2.55. The Balaban J connectivity index is 1.48. The summed E-state index contributed by atoms with van der Waals surface area (Å²) < 4.78 is 66.0. The van der Waals surface area contributed by atoms with Crippen molar-refractivity contribution in [2.24, 2.45) is 11.3 Å². The Bertz CT molecular complexity index is 1020. The van der Waals surface area contributed by atoms with E-state index in [1.165, 1.54) is 17.0 Å². The van der Waals surface area contributed by atoms with Gasteiger partial charge in [0.25, 0.3) is 5.91 Å². The van der Waals surface area contributed by atoms with E-state index >= 15 is 4.39 Å². The number of carbonyl (C=O) groups is 2. The van der Waals surface area contributed by atoms with Gasteiger partial charge in [-0.2, -0.15) is 13.2 Å². The molecule has 0 aromatic heterocycles. The van der Waals surface area contributed by atoms with Crippen LogP contribution in [-0.4, -0.2) is 47.7 Å². The minimum atomic E-state index is -4.18. The molecule has 3 aliphatic rings. The Hall–Kier alpha value is -2.32. The summed E-state index contributed by atoms with van der Waals surface area (Å²) in [6.45, 7) is 7.72. The molecule has 1 aromatic carbocycles. The molecule has 1 aromatic rings. The number of nitrogens with zero attached hydrogens (tertiary/aromatic N) is 1. The number of amides is 1. The molecule has 1 saturated heterocycles. The first-order valence-corrected chi connectivity index (χ1v) is 13.2. The molecule has 1 aliphatic heterocycles. The van der Waals surface area contributed by atoms with E-state index in [0.717, 1.165) is 18.4 Å². The number of hydrogen-bond acceptors (Lipinski definition) is 4. The highest BCUT2D eigenvalue weighted by Crippen LogP contribution is 2.48. The minimum absolute atomic E-state index is 0.0648. The predicted molar refractivity (Wildman–Crippen MR) is 130 cm³/mol. The van der Waals surface area contributed by atoms with Crippen molar-refractivity contribution in [1.82, 2.24) is 4.90 Å². The second kappa shape index (κ2) is 10.1. The van der Waals surface area contributed by atoms with E-state index in [0.29, 0.717) is 38.0 Å². The molecule has 0 spiro atoms. The first-order chi connectivity index (χ1) is 17.2. The second-order valence-corrected chi connectivity index (χ2v) is 12.2. The number of hydrogen-bond donors (Lipinski definition) is 0. The summed E-state index contributed by atoms with van der Waals surface area (Å²) in [6.07, 6.45) is -0.398. The third-order valence-corrected chi connectivity index (χ3v) is 7.77. The minimum Gasteiger partial charge on any atom is -0.493 e. The van der Waals surface area contributed by atoms with Crippen molar-refractivity contribution in [3.05, 3.63) is 29.1 Å². The number of alkyl halides is 3. The topological polar surface area (TPSA) is 55.8 Å². The summed E-state index contributed by atoms with van der Waals surface area (Å²) in [4.78, 5) is 27.4. The first kappa shape index (κ1) is 27.7. The highest BCUT2D eigenvalue weighted by molar-refractivity contribution is 5.98. The van der Waals surface area contributed by atoms with Gasteiger partial charge in [0, 0.05) is 18.0 Å². The van der Waals surface area contributed by atoms with Crippen LogP contribution in [0.1, 0.15) is 101 Å². The summed E-state index contributed by atoms with van der Waals surface area (Å²) in [7, 11) is 0. The normalized spacial score (nSPS) is 26.8. The average molecular weight is 528 g/mol. The standard InChI is InChI=1S/C28H37F4NO4/c1-26(2,3)37-25(35)22-6-5-13-33(22)24(34)20-14-19(17-7-8-17)23(15-21(20)29)36-16-27(4)11-9-18(10-12-27)28(30,31)32/h14-15,17-18,22H,5-13,16H2,1-4H3/t18-,22-,27+/m0/s1. The van der Waals surface area contributed by atoms with Gasteiger partial charge in [0.05, 0.1) is 18.1 Å². The lowest BCUT2D eigenvalue weighted by Crippen LogP contribution is -2.43. The Morgan fingerprint density at radius 1 is 1.05 bits per heavy atom. The number of rotatable bonds is 6. The number of benzene rings is 1. The van der Waals surface area contributed by atoms with E-state index in [9.17, 15) is 22.8 Å². The number of halogens is 4. The van der Waals surface area contributed by atoms with Gasteiger partial charge in [-0.25, -0.2) is 9.18 Å². The Kier molecular flexibility index (Phi) is 7.56. The van der Waals surface area contributed by atoms with Crippen LogP contribution in [0.2, 0.25) is 0 Å². The van der Waals surface area contributed by atoms with Gasteiger partial charge in [0.1, 0.15) is 23.2 Å². The smallest absolute Gasteiger partial charge is 0.391 e. The van der Waals surface area contributed by atoms with Crippen molar-refractivity contribution in [3.8, 4) is 5.75 Å². The number of esters is 1. The molecule has 9 heteroatoms. The molecular weight excluding hydrogens is 490 g/mol. The van der Waals surface area contributed by atoms with Gasteiger partial charge in [-0.05, 0) is 89.7 Å². The van der Waals surface area contributed by atoms with Crippen LogP contribution in [0.4, 0.5) is 17.6 Å². The van der Waals surface area contributed by atoms with Gasteiger partial charge < -0.3 is 14.4 Å². The molecule has 1 heterocycles. The first-order valence-electron chi connectivity index (χ1n) is 13.2. The molecule has 0 radical (unpaired) electrons. The van der Waals surface area contributed by atoms with E-state index in [1.807, 2.05) is 6.92 Å². The number of carbonyl (C=O) groups excluding carboxylic acids is 2. The van der Waals surface area contributed by atoms with Crippen LogP contribution < -0.4 is 4.74 Å². The van der Waals surface area contributed by atoms with Crippen LogP contribution in [0.3, 0.4) is 0 Å². The average Bonchev–Trinajstić information content (AvgIpc) is 3.51. The van der Waals surface area contributed by atoms with E-state index in [-0.39, 0.29) is 30.9 Å². The Morgan fingerprint density at radius 2 is 1.70 bits per heavy atom. The third kappa shape index (κ3) is 6.58. The van der Waals surface area contributed by atoms with Gasteiger partial charge in [-0.3, -0.25) is 4.79 Å². The van der Waals surface area contributed by atoms with Gasteiger partial charge in [0.2, 0.25) is 0 Å². The van der Waals surface area contributed by atoms with Crippen molar-refractivity contribution in [2.45, 2.75) is 103 Å². The molecule has 2 saturated carbocycles. The maximum absolute atomic E-state index is 15.3. The maximum Gasteiger partial charge on any atom is 0.391 e. The third-order valence-electron chi connectivity index (χ3n) is 7.77. The Labute approximate surface area is 215 Å². The molecule has 4 rings (SSSR count). The predicted octanol–water partition coefficient (Wildman–Crippen LogP) is 6.79. The molecule has 206 valence electrons. The van der Waals surface area contributed by atoms with Crippen molar-refractivity contribution in [2.75, 3.05) is 13.2 Å². The zero-order chi connectivity index (χ0) is 27.2. The second-order valence-electron chi connectivity index (χ2n) is 12.2. The van der Waals surface area contributed by atoms with E-state index in [4.69, 9.17) is 9.47 Å². The van der Waals surface area contributed by atoms with Crippen LogP contribution in [0, 0.1) is 17.2 Å². The summed E-state index contributed by atoms with van der Waals surface area (Å²) >= 11 is 0. The van der Waals surface area contributed by atoms with Gasteiger partial charge >= 0.3 is 12.1 Å². The monoisotopic (exact) mass is 527 g/mol. The summed E-state index contributed by atoms with van der Waals surface area (Å²) in [6, 6.07) is 2.01. The van der Waals surface area contributed by atoms with E-state index in [1.54, 1.807) is 20.8 Å². The molecule has 3 fully saturated rings. The van der Waals surface area contributed by atoms with Crippen LogP contribution in [-0.2, 0) is 9.53 Å². The maximum atomic E-state index is 15.3. The largest absolute Gasteiger partial charge is 0.493 e. The quantitative estimate of drug-likeness (QED) is 0.302. The molecule has 0 bridgehead atoms. The number of likely N-dealkylation sites (tertiary alicyclic amines) is 1. The van der Waals surface area contributed by atoms with Gasteiger partial charge in [-0.1, -0.05) is 6.92 Å². The van der Waals surface area contributed by atoms with Crippen molar-refractivity contribution in [1.29, 1.82) is 0 Å². The highest BCUT2D eigenvalue weighted by Gasteiger charge is 2.45. The molecule has 37 heavy (non-hydrogen) atoms. The fourth-order valence-corrected chi connectivity index (χ4v) is 5.39. The van der Waals surface area contributed by atoms with Crippen LogP contribution >= 0.6 is 0 Å². The highest BCUT2D eigenvalue weighted by atomic mass is 19.4. The molecule has 1 amide bonds. The number of ether oxygens (including phenoxy) is 2. The van der Waals surface area contributed by atoms with Crippen LogP contribution in [0.5, 0.6) is 5.75 Å². The van der Waals surface area contributed by atoms with Crippen LogP contribution in [0.25, 0.3) is 0 Å². The van der Waals surface area contributed by atoms with Gasteiger partial charge in [-0.15, -0.1) is 0 Å². The van der Waals surface area contributed by atoms with Crippen LogP contribution in [0.15, 0.2) is 12.1 Å². The SMILES string of the molecule is CC(C)(C)OC(=O)[C@@H]1CCCN1C(=O)c1cc(C2CC2)c(OC[C@]2(C)CC[C@H](C(F)(F)F)CC2)cc1F. The molecule has 1 atom stereocenters. The van der Waals surface area contributed by atoms with Crippen molar-refractivity contribution in [3.63, 3.8) is 0 Å². The zero-order valence-electron chi connectivity index (χ0n) is 22.0. The van der Waals surface area contributed by atoms with E-state index in [2.05, 4.69) is 0 Å². The van der Waals surface area contributed by atoms with Crippen molar-refractivity contribution < 1.29 is 36.6 Å². The fraction of sp³-hybridized carbons (Fsp3) is 0.714. The lowest BCUT2D eigenvalue weighted by atomic mass is 9.72. The summed E-state index contributed by atoms with van der Waals surface area (Å²) in [5, 5.41) is 0.